The zero-order valence-electron chi connectivity index (χ0n) is 9.55. The number of para-hydroxylation sites is 1. The van der Waals surface area contributed by atoms with Gasteiger partial charge in [0, 0.05) is 6.20 Å². The molecule has 0 aliphatic carbocycles. The van der Waals surface area contributed by atoms with Crippen molar-refractivity contribution in [3.63, 3.8) is 0 Å². The van der Waals surface area contributed by atoms with Gasteiger partial charge in [-0.1, -0.05) is 18.2 Å². The van der Waals surface area contributed by atoms with Gasteiger partial charge in [0.15, 0.2) is 0 Å². The third-order valence-corrected chi connectivity index (χ3v) is 2.49. The van der Waals surface area contributed by atoms with Crippen LogP contribution < -0.4 is 4.74 Å². The van der Waals surface area contributed by atoms with Crippen LogP contribution in [0, 0.1) is 18.3 Å². The van der Waals surface area contributed by atoms with Crippen molar-refractivity contribution in [1.82, 2.24) is 4.98 Å². The van der Waals surface area contributed by atoms with Crippen LogP contribution >= 0.6 is 0 Å². The summed E-state index contributed by atoms with van der Waals surface area (Å²) in [5.74, 6) is 0.597. The Morgan fingerprint density at radius 2 is 2.06 bits per heavy atom. The maximum atomic E-state index is 8.92. The summed E-state index contributed by atoms with van der Waals surface area (Å²) in [6.07, 6.45) is 1.74. The van der Waals surface area contributed by atoms with E-state index in [0.717, 1.165) is 11.3 Å². The Kier molecular flexibility index (Phi) is 3.37. The smallest absolute Gasteiger partial charge is 0.137 e. The van der Waals surface area contributed by atoms with Crippen LogP contribution in [0.1, 0.15) is 16.8 Å². The number of nitrogens with zero attached hydrogens (tertiary/aromatic N) is 2. The Hall–Kier alpha value is -2.34. The number of aryl methyl sites for hydroxylation is 1. The molecule has 0 spiro atoms. The van der Waals surface area contributed by atoms with E-state index >= 15 is 0 Å². The number of nitriles is 1. The van der Waals surface area contributed by atoms with Crippen LogP contribution in [0.2, 0.25) is 0 Å². The topological polar surface area (TPSA) is 45.9 Å². The molecular formula is C14H12N2O. The highest BCUT2D eigenvalue weighted by molar-refractivity contribution is 5.42. The van der Waals surface area contributed by atoms with Gasteiger partial charge in [-0.15, -0.1) is 0 Å². The SMILES string of the molecule is Cc1cccnc1COc1ccccc1C#N. The monoisotopic (exact) mass is 224 g/mol. The van der Waals surface area contributed by atoms with Gasteiger partial charge in [-0.25, -0.2) is 0 Å². The largest absolute Gasteiger partial charge is 0.486 e. The van der Waals surface area contributed by atoms with Gasteiger partial charge < -0.3 is 4.74 Å². The first-order valence-corrected chi connectivity index (χ1v) is 5.33. The molecule has 0 fully saturated rings. The zero-order valence-corrected chi connectivity index (χ0v) is 9.55. The molecule has 0 atom stereocenters. The highest BCUT2D eigenvalue weighted by Crippen LogP contribution is 2.18. The highest BCUT2D eigenvalue weighted by Gasteiger charge is 2.04. The minimum Gasteiger partial charge on any atom is -0.486 e. The molecule has 0 aliphatic heterocycles. The summed E-state index contributed by atoms with van der Waals surface area (Å²) in [6.45, 7) is 2.37. The van der Waals surface area contributed by atoms with Crippen molar-refractivity contribution in [2.75, 3.05) is 0 Å². The summed E-state index contributed by atoms with van der Waals surface area (Å²) in [7, 11) is 0. The second kappa shape index (κ2) is 5.13. The molecule has 2 rings (SSSR count). The van der Waals surface area contributed by atoms with E-state index in [1.54, 1.807) is 18.3 Å². The maximum absolute atomic E-state index is 8.92. The lowest BCUT2D eigenvalue weighted by molar-refractivity contribution is 0.299. The van der Waals surface area contributed by atoms with Gasteiger partial charge in [-0.2, -0.15) is 5.26 Å². The Bertz CT molecular complexity index is 558. The average molecular weight is 224 g/mol. The Balaban J connectivity index is 2.13. The lowest BCUT2D eigenvalue weighted by Crippen LogP contribution is -2.01. The molecule has 0 N–H and O–H groups in total. The summed E-state index contributed by atoms with van der Waals surface area (Å²) in [5, 5.41) is 8.92. The van der Waals surface area contributed by atoms with E-state index in [1.165, 1.54) is 0 Å². The fourth-order valence-corrected chi connectivity index (χ4v) is 1.50. The first-order chi connectivity index (χ1) is 8.31. The van der Waals surface area contributed by atoms with Gasteiger partial charge in [0.25, 0.3) is 0 Å². The quantitative estimate of drug-likeness (QED) is 0.805. The van der Waals surface area contributed by atoms with Crippen LogP contribution in [0.25, 0.3) is 0 Å². The van der Waals surface area contributed by atoms with Crippen LogP contribution in [0.3, 0.4) is 0 Å². The van der Waals surface area contributed by atoms with E-state index in [4.69, 9.17) is 10.00 Å². The van der Waals surface area contributed by atoms with Crippen molar-refractivity contribution in [3.05, 3.63) is 59.4 Å². The van der Waals surface area contributed by atoms with Crippen LogP contribution in [0.15, 0.2) is 42.6 Å². The van der Waals surface area contributed by atoms with Crippen molar-refractivity contribution >= 4 is 0 Å². The molecule has 3 nitrogen and oxygen atoms in total. The minimum atomic E-state index is 0.380. The van der Waals surface area contributed by atoms with Crippen LogP contribution in [0.4, 0.5) is 0 Å². The lowest BCUT2D eigenvalue weighted by atomic mass is 10.2. The van der Waals surface area contributed by atoms with Gasteiger partial charge in [0.1, 0.15) is 18.4 Å². The molecule has 0 radical (unpaired) electrons. The fraction of sp³-hybridized carbons (Fsp3) is 0.143. The molecule has 0 aliphatic rings. The third kappa shape index (κ3) is 2.61. The highest BCUT2D eigenvalue weighted by atomic mass is 16.5. The van der Waals surface area contributed by atoms with Gasteiger partial charge in [0.2, 0.25) is 0 Å². The van der Waals surface area contributed by atoms with E-state index in [9.17, 15) is 0 Å². The van der Waals surface area contributed by atoms with Crippen molar-refractivity contribution in [2.45, 2.75) is 13.5 Å². The molecule has 84 valence electrons. The van der Waals surface area contributed by atoms with Crippen LogP contribution in [-0.4, -0.2) is 4.98 Å². The Morgan fingerprint density at radius 3 is 2.82 bits per heavy atom. The molecule has 0 saturated heterocycles. The summed E-state index contributed by atoms with van der Waals surface area (Å²) in [5.41, 5.74) is 2.52. The van der Waals surface area contributed by atoms with Crippen molar-refractivity contribution in [1.29, 1.82) is 5.26 Å². The maximum Gasteiger partial charge on any atom is 0.137 e. The van der Waals surface area contributed by atoms with Crippen LogP contribution in [-0.2, 0) is 6.61 Å². The van der Waals surface area contributed by atoms with E-state index in [1.807, 2.05) is 31.2 Å². The molecule has 1 aromatic carbocycles. The molecular weight excluding hydrogens is 212 g/mol. The Morgan fingerprint density at radius 1 is 1.24 bits per heavy atom. The molecule has 17 heavy (non-hydrogen) atoms. The second-order valence-electron chi connectivity index (χ2n) is 3.66. The normalized spacial score (nSPS) is 9.65. The molecule has 0 amide bonds. The standard InChI is InChI=1S/C14H12N2O/c1-11-5-4-8-16-13(11)10-17-14-7-3-2-6-12(14)9-15/h2-8H,10H2,1H3. The number of hydrogen-bond acceptors (Lipinski definition) is 3. The molecule has 0 bridgehead atoms. The molecule has 0 saturated carbocycles. The first-order valence-electron chi connectivity index (χ1n) is 5.33. The predicted octanol–water partition coefficient (Wildman–Crippen LogP) is 2.84. The molecule has 0 unspecified atom stereocenters. The first kappa shape index (κ1) is 11.2. The number of hydrogen-bond donors (Lipinski definition) is 0. The molecule has 1 heterocycles. The number of benzene rings is 1. The van der Waals surface area contributed by atoms with E-state index in [0.29, 0.717) is 17.9 Å². The van der Waals surface area contributed by atoms with E-state index < -0.39 is 0 Å². The summed E-state index contributed by atoms with van der Waals surface area (Å²) >= 11 is 0. The van der Waals surface area contributed by atoms with Crippen molar-refractivity contribution in [2.24, 2.45) is 0 Å². The predicted molar refractivity (Wildman–Crippen MR) is 64.5 cm³/mol. The Labute approximate surface area is 100 Å². The second-order valence-corrected chi connectivity index (χ2v) is 3.66. The minimum absolute atomic E-state index is 0.380. The summed E-state index contributed by atoms with van der Waals surface area (Å²) in [6, 6.07) is 13.2. The van der Waals surface area contributed by atoms with Gasteiger partial charge in [0.05, 0.1) is 11.3 Å². The number of pyridine rings is 1. The lowest BCUT2D eigenvalue weighted by Gasteiger charge is -2.08. The van der Waals surface area contributed by atoms with E-state index in [2.05, 4.69) is 11.1 Å². The van der Waals surface area contributed by atoms with Gasteiger partial charge in [-0.3, -0.25) is 4.98 Å². The molecule has 1 aromatic heterocycles. The van der Waals surface area contributed by atoms with E-state index in [-0.39, 0.29) is 0 Å². The molecule has 3 heteroatoms. The summed E-state index contributed by atoms with van der Waals surface area (Å²) in [4.78, 5) is 4.24. The fourth-order valence-electron chi connectivity index (χ4n) is 1.50. The van der Waals surface area contributed by atoms with Crippen LogP contribution in [0.5, 0.6) is 5.75 Å². The van der Waals surface area contributed by atoms with Crippen molar-refractivity contribution in [3.8, 4) is 11.8 Å². The number of rotatable bonds is 3. The third-order valence-electron chi connectivity index (χ3n) is 2.49. The van der Waals surface area contributed by atoms with Gasteiger partial charge >= 0.3 is 0 Å². The number of ether oxygens (including phenoxy) is 1. The number of aromatic nitrogens is 1. The van der Waals surface area contributed by atoms with Gasteiger partial charge in [-0.05, 0) is 30.7 Å². The van der Waals surface area contributed by atoms with Crippen molar-refractivity contribution < 1.29 is 4.74 Å². The average Bonchev–Trinajstić information content (AvgIpc) is 2.38. The summed E-state index contributed by atoms with van der Waals surface area (Å²) < 4.78 is 5.61. The zero-order chi connectivity index (χ0) is 12.1. The molecule has 2 aromatic rings.